The van der Waals surface area contributed by atoms with Gasteiger partial charge in [0.05, 0.1) is 11.9 Å². The monoisotopic (exact) mass is 178 g/mol. The number of hydrogen-bond acceptors (Lipinski definition) is 3. The number of ether oxygens (including phenoxy) is 1. The first kappa shape index (κ1) is 9.00. The maximum absolute atomic E-state index is 11.1. The predicted octanol–water partition coefficient (Wildman–Crippen LogP) is 0.600. The summed E-state index contributed by atoms with van der Waals surface area (Å²) < 4.78 is 27.4. The highest BCUT2D eigenvalue weighted by Crippen LogP contribution is 2.13. The zero-order chi connectivity index (χ0) is 8.32. The molecule has 0 radical (unpaired) electrons. The van der Waals surface area contributed by atoms with Gasteiger partial charge in [0.2, 0.25) is 0 Å². The van der Waals surface area contributed by atoms with Crippen molar-refractivity contribution in [3.63, 3.8) is 0 Å². The molecule has 0 bridgehead atoms. The summed E-state index contributed by atoms with van der Waals surface area (Å²) in [6, 6.07) is 0. The van der Waals surface area contributed by atoms with Gasteiger partial charge in [0.1, 0.15) is 0 Å². The van der Waals surface area contributed by atoms with E-state index in [4.69, 9.17) is 4.74 Å². The van der Waals surface area contributed by atoms with Crippen LogP contribution < -0.4 is 0 Å². The van der Waals surface area contributed by atoms with E-state index in [1.54, 1.807) is 6.92 Å². The molecule has 3 nitrogen and oxygen atoms in total. The van der Waals surface area contributed by atoms with Crippen LogP contribution in [0.25, 0.3) is 0 Å². The highest BCUT2D eigenvalue weighted by molar-refractivity contribution is 7.91. The van der Waals surface area contributed by atoms with Crippen LogP contribution in [0.15, 0.2) is 0 Å². The van der Waals surface area contributed by atoms with Gasteiger partial charge in [-0.2, -0.15) is 0 Å². The molecule has 0 spiro atoms. The Hall–Kier alpha value is -0.0900. The van der Waals surface area contributed by atoms with Crippen LogP contribution in [0.1, 0.15) is 19.8 Å². The maximum Gasteiger partial charge on any atom is 0.152 e. The summed E-state index contributed by atoms with van der Waals surface area (Å²) in [4.78, 5) is 0. The van der Waals surface area contributed by atoms with E-state index in [1.807, 2.05) is 0 Å². The lowest BCUT2D eigenvalue weighted by Crippen LogP contribution is -2.21. The fourth-order valence-electron chi connectivity index (χ4n) is 1.18. The van der Waals surface area contributed by atoms with Crippen molar-refractivity contribution < 1.29 is 13.2 Å². The van der Waals surface area contributed by atoms with E-state index in [-0.39, 0.29) is 17.6 Å². The lowest BCUT2D eigenvalue weighted by Gasteiger charge is -2.07. The maximum atomic E-state index is 11.1. The fourth-order valence-corrected chi connectivity index (χ4v) is 2.24. The molecule has 1 saturated heterocycles. The van der Waals surface area contributed by atoms with Gasteiger partial charge < -0.3 is 4.74 Å². The van der Waals surface area contributed by atoms with Crippen molar-refractivity contribution >= 4 is 9.84 Å². The highest BCUT2D eigenvalue weighted by atomic mass is 32.2. The van der Waals surface area contributed by atoms with Gasteiger partial charge in [-0.15, -0.1) is 0 Å². The Labute approximate surface area is 67.7 Å². The third kappa shape index (κ3) is 2.79. The first-order valence-corrected chi connectivity index (χ1v) is 5.78. The molecule has 0 N–H and O–H groups in total. The van der Waals surface area contributed by atoms with Crippen molar-refractivity contribution in [1.82, 2.24) is 0 Å². The van der Waals surface area contributed by atoms with Gasteiger partial charge in [0.15, 0.2) is 9.84 Å². The molecule has 0 aromatic carbocycles. The van der Waals surface area contributed by atoms with Crippen LogP contribution in [0.2, 0.25) is 0 Å². The highest BCUT2D eigenvalue weighted by Gasteiger charge is 2.21. The molecule has 0 aromatic heterocycles. The Morgan fingerprint density at radius 1 is 1.55 bits per heavy atom. The van der Waals surface area contributed by atoms with Crippen molar-refractivity contribution in [3.8, 4) is 0 Å². The van der Waals surface area contributed by atoms with E-state index in [0.717, 1.165) is 19.4 Å². The largest absolute Gasteiger partial charge is 0.377 e. The first-order chi connectivity index (χ1) is 5.14. The van der Waals surface area contributed by atoms with Gasteiger partial charge in [-0.05, 0) is 12.8 Å². The van der Waals surface area contributed by atoms with Crippen molar-refractivity contribution in [2.45, 2.75) is 25.9 Å². The van der Waals surface area contributed by atoms with Crippen LogP contribution in [0.5, 0.6) is 0 Å². The van der Waals surface area contributed by atoms with Crippen LogP contribution in [0.3, 0.4) is 0 Å². The number of hydrogen-bond donors (Lipinski definition) is 0. The van der Waals surface area contributed by atoms with Gasteiger partial charge in [0, 0.05) is 12.4 Å². The Bertz CT molecular complexity index is 202. The van der Waals surface area contributed by atoms with E-state index in [1.165, 1.54) is 0 Å². The minimum absolute atomic E-state index is 0.0278. The third-order valence-corrected chi connectivity index (χ3v) is 3.66. The van der Waals surface area contributed by atoms with Crippen LogP contribution in [0, 0.1) is 0 Å². The topological polar surface area (TPSA) is 43.4 Å². The molecule has 1 rings (SSSR count). The average molecular weight is 178 g/mol. The standard InChI is InChI=1S/C7H14O3S/c1-2-11(8,9)6-7-4-3-5-10-7/h7H,2-6H2,1H3. The van der Waals surface area contributed by atoms with Gasteiger partial charge in [-0.3, -0.25) is 0 Å². The second kappa shape index (κ2) is 3.54. The first-order valence-electron chi connectivity index (χ1n) is 3.96. The zero-order valence-corrected chi connectivity index (χ0v) is 7.56. The van der Waals surface area contributed by atoms with Crippen LogP contribution >= 0.6 is 0 Å². The summed E-state index contributed by atoms with van der Waals surface area (Å²) in [5.74, 6) is 0.441. The van der Waals surface area contributed by atoms with E-state index in [9.17, 15) is 8.42 Å². The number of rotatable bonds is 3. The van der Waals surface area contributed by atoms with Crippen molar-refractivity contribution in [1.29, 1.82) is 0 Å². The van der Waals surface area contributed by atoms with Crippen molar-refractivity contribution in [2.24, 2.45) is 0 Å². The van der Waals surface area contributed by atoms with Gasteiger partial charge in [-0.1, -0.05) is 6.92 Å². The van der Waals surface area contributed by atoms with Gasteiger partial charge >= 0.3 is 0 Å². The molecule has 1 unspecified atom stereocenters. The van der Waals surface area contributed by atoms with Crippen LogP contribution in [0.4, 0.5) is 0 Å². The fraction of sp³-hybridized carbons (Fsp3) is 1.00. The second-order valence-corrected chi connectivity index (χ2v) is 5.23. The zero-order valence-electron chi connectivity index (χ0n) is 6.75. The SMILES string of the molecule is CCS(=O)(=O)CC1CCCO1. The van der Waals surface area contributed by atoms with Crippen molar-refractivity contribution in [2.75, 3.05) is 18.1 Å². The molecular weight excluding hydrogens is 164 g/mol. The normalized spacial score (nSPS) is 25.7. The molecule has 0 aromatic rings. The minimum Gasteiger partial charge on any atom is -0.377 e. The third-order valence-electron chi connectivity index (χ3n) is 1.90. The average Bonchev–Trinajstić information content (AvgIpc) is 2.39. The Morgan fingerprint density at radius 2 is 2.27 bits per heavy atom. The summed E-state index contributed by atoms with van der Waals surface area (Å²) >= 11 is 0. The number of sulfone groups is 1. The van der Waals surface area contributed by atoms with E-state index in [0.29, 0.717) is 0 Å². The second-order valence-electron chi connectivity index (χ2n) is 2.83. The lowest BCUT2D eigenvalue weighted by atomic mass is 10.3. The molecule has 1 aliphatic heterocycles. The lowest BCUT2D eigenvalue weighted by molar-refractivity contribution is 0.127. The van der Waals surface area contributed by atoms with Crippen LogP contribution in [-0.2, 0) is 14.6 Å². The summed E-state index contributed by atoms with van der Waals surface area (Å²) in [7, 11) is -2.83. The predicted molar refractivity (Wildman–Crippen MR) is 43.3 cm³/mol. The molecular formula is C7H14O3S. The molecule has 4 heteroatoms. The Balaban J connectivity index is 2.41. The Kier molecular flexibility index (Phi) is 2.90. The summed E-state index contributed by atoms with van der Waals surface area (Å²) in [5, 5.41) is 0. The Morgan fingerprint density at radius 3 is 2.73 bits per heavy atom. The molecule has 1 heterocycles. The molecule has 1 aliphatic rings. The molecule has 0 saturated carbocycles. The van der Waals surface area contributed by atoms with E-state index < -0.39 is 9.84 Å². The molecule has 0 amide bonds. The van der Waals surface area contributed by atoms with Crippen molar-refractivity contribution in [3.05, 3.63) is 0 Å². The van der Waals surface area contributed by atoms with Crippen LogP contribution in [-0.4, -0.2) is 32.6 Å². The summed E-state index contributed by atoms with van der Waals surface area (Å²) in [6.45, 7) is 2.40. The smallest absolute Gasteiger partial charge is 0.152 e. The van der Waals surface area contributed by atoms with Gasteiger partial charge in [-0.25, -0.2) is 8.42 Å². The minimum atomic E-state index is -2.83. The molecule has 1 atom stereocenters. The van der Waals surface area contributed by atoms with Gasteiger partial charge in [0.25, 0.3) is 0 Å². The molecule has 66 valence electrons. The molecule has 0 aliphatic carbocycles. The van der Waals surface area contributed by atoms with E-state index >= 15 is 0 Å². The summed E-state index contributed by atoms with van der Waals surface area (Å²) in [5.41, 5.74) is 0. The quantitative estimate of drug-likeness (QED) is 0.635. The molecule has 11 heavy (non-hydrogen) atoms. The molecule has 1 fully saturated rings. The summed E-state index contributed by atoms with van der Waals surface area (Å²) in [6.07, 6.45) is 1.88. The van der Waals surface area contributed by atoms with E-state index in [2.05, 4.69) is 0 Å².